The van der Waals surface area contributed by atoms with Crippen LogP contribution in [0, 0.1) is 13.8 Å². The molecule has 6 rings (SSSR count). The van der Waals surface area contributed by atoms with Gasteiger partial charge in [-0.3, -0.25) is 4.57 Å². The molecule has 5 nitrogen and oxygen atoms in total. The summed E-state index contributed by atoms with van der Waals surface area (Å²) in [6.45, 7) is 3.93. The number of para-hydroxylation sites is 1. The molecule has 0 radical (unpaired) electrons. The van der Waals surface area contributed by atoms with E-state index < -0.39 is 11.7 Å². The minimum atomic E-state index is -4.47. The molecule has 9 heteroatoms. The fourth-order valence-electron chi connectivity index (χ4n) is 4.68. The summed E-state index contributed by atoms with van der Waals surface area (Å²) in [7, 11) is 0. The molecule has 194 valence electrons. The minimum Gasteiger partial charge on any atom is -0.457 e. The molecule has 3 aromatic heterocycles. The van der Waals surface area contributed by atoms with Crippen LogP contribution in [0.25, 0.3) is 33.3 Å². The zero-order valence-electron chi connectivity index (χ0n) is 20.3. The summed E-state index contributed by atoms with van der Waals surface area (Å²) in [6.07, 6.45) is -3.29. The molecule has 3 aromatic carbocycles. The van der Waals surface area contributed by atoms with E-state index in [4.69, 9.17) is 4.74 Å². The fraction of sp³-hybridized carbons (Fsp3) is 0.103. The largest absolute Gasteiger partial charge is 0.457 e. The van der Waals surface area contributed by atoms with Crippen LogP contribution in [-0.2, 0) is 27.2 Å². The minimum absolute atomic E-state index is 0. The van der Waals surface area contributed by atoms with Crippen LogP contribution in [0.4, 0.5) is 13.2 Å². The summed E-state index contributed by atoms with van der Waals surface area (Å²) in [5.41, 5.74) is 3.50. The number of nitrogens with zero attached hydrogens (tertiary/aromatic N) is 4. The Labute approximate surface area is 230 Å². The van der Waals surface area contributed by atoms with Crippen molar-refractivity contribution in [3.63, 3.8) is 0 Å². The quantitative estimate of drug-likeness (QED) is 0.190. The van der Waals surface area contributed by atoms with E-state index in [-0.39, 0.29) is 26.9 Å². The first kappa shape index (κ1) is 25.7. The van der Waals surface area contributed by atoms with Crippen LogP contribution in [0.2, 0.25) is 0 Å². The van der Waals surface area contributed by atoms with Crippen molar-refractivity contribution >= 4 is 21.8 Å². The molecule has 0 spiro atoms. The van der Waals surface area contributed by atoms with E-state index >= 15 is 0 Å². The third-order valence-corrected chi connectivity index (χ3v) is 6.25. The number of aromatic nitrogens is 4. The molecule has 6 aromatic rings. The Kier molecular flexibility index (Phi) is 6.61. The van der Waals surface area contributed by atoms with Crippen LogP contribution in [0.1, 0.15) is 17.0 Å². The van der Waals surface area contributed by atoms with E-state index in [2.05, 4.69) is 10.1 Å². The number of hydrogen-bond acceptors (Lipinski definition) is 3. The van der Waals surface area contributed by atoms with Gasteiger partial charge < -0.3 is 4.74 Å². The van der Waals surface area contributed by atoms with Crippen molar-refractivity contribution in [2.45, 2.75) is 20.0 Å². The number of pyridine rings is 1. The number of aryl methyl sites for hydroxylation is 2. The Morgan fingerprint density at radius 3 is 2.29 bits per heavy atom. The Morgan fingerprint density at radius 2 is 1.53 bits per heavy atom. The average Bonchev–Trinajstić information content (AvgIpc) is 3.39. The molecule has 0 saturated heterocycles. The van der Waals surface area contributed by atoms with Crippen LogP contribution in [0.3, 0.4) is 0 Å². The summed E-state index contributed by atoms with van der Waals surface area (Å²) in [4.78, 5) is 4.28. The Balaban J connectivity index is 0.00000294. The summed E-state index contributed by atoms with van der Waals surface area (Å²) in [5, 5.41) is 6.33. The molecule has 0 aliphatic carbocycles. The van der Waals surface area contributed by atoms with Crippen LogP contribution in [0.15, 0.2) is 91.1 Å². The molecule has 0 N–H and O–H groups in total. The second kappa shape index (κ2) is 9.76. The van der Waals surface area contributed by atoms with Gasteiger partial charge in [-0.15, -0.1) is 0 Å². The van der Waals surface area contributed by atoms with E-state index in [0.717, 1.165) is 45.5 Å². The van der Waals surface area contributed by atoms with Gasteiger partial charge in [-0.1, -0.05) is 24.3 Å². The first-order valence-corrected chi connectivity index (χ1v) is 11.7. The zero-order chi connectivity index (χ0) is 25.7. The second-order valence-corrected chi connectivity index (χ2v) is 8.87. The van der Waals surface area contributed by atoms with E-state index in [1.54, 1.807) is 4.57 Å². The maximum atomic E-state index is 13.5. The Bertz CT molecular complexity index is 1790. The van der Waals surface area contributed by atoms with Gasteiger partial charge in [-0.2, -0.15) is 18.3 Å². The number of ether oxygens (including phenoxy) is 1. The fourth-order valence-corrected chi connectivity index (χ4v) is 4.68. The van der Waals surface area contributed by atoms with E-state index in [9.17, 15) is 13.2 Å². The van der Waals surface area contributed by atoms with Crippen molar-refractivity contribution in [3.05, 3.63) is 108 Å². The molecule has 3 heterocycles. The average molecular weight is 694 g/mol. The second-order valence-electron chi connectivity index (χ2n) is 8.87. The first-order valence-electron chi connectivity index (χ1n) is 11.7. The number of rotatable bonds is 4. The van der Waals surface area contributed by atoms with Crippen LogP contribution >= 0.6 is 0 Å². The zero-order valence-corrected chi connectivity index (χ0v) is 22.6. The maximum Gasteiger partial charge on any atom is 0.416 e. The number of fused-ring (bicyclic) bond motifs is 3. The van der Waals surface area contributed by atoms with Crippen molar-refractivity contribution in [2.24, 2.45) is 0 Å². The molecule has 0 fully saturated rings. The number of benzene rings is 3. The monoisotopic (exact) mass is 693 g/mol. The number of alkyl halides is 3. The van der Waals surface area contributed by atoms with Gasteiger partial charge in [-0.25, -0.2) is 9.67 Å². The summed E-state index contributed by atoms with van der Waals surface area (Å²) in [5.74, 6) is 1.35. The first-order chi connectivity index (χ1) is 17.8. The van der Waals surface area contributed by atoms with E-state index in [0.29, 0.717) is 17.0 Å². The van der Waals surface area contributed by atoms with Gasteiger partial charge in [-0.05, 0) is 62.4 Å². The SMILES string of the molecule is Cc1cc(C)n(-c2cccc(Oc3ccc4c5ccccc5n(-c5cc(C(F)(F)F)ccn5)c4c3)c2)n1.[Pt]. The summed E-state index contributed by atoms with van der Waals surface area (Å²) < 4.78 is 50.2. The molecule has 0 bridgehead atoms. The normalized spacial score (nSPS) is 11.6. The molecular weight excluding hydrogens is 672 g/mol. The molecule has 0 saturated carbocycles. The number of hydrogen-bond donors (Lipinski definition) is 0. The van der Waals surface area contributed by atoms with E-state index in [1.807, 2.05) is 91.3 Å². The predicted octanol–water partition coefficient (Wildman–Crippen LogP) is 7.79. The van der Waals surface area contributed by atoms with Gasteiger partial charge >= 0.3 is 6.18 Å². The van der Waals surface area contributed by atoms with Crippen LogP contribution < -0.4 is 4.74 Å². The Morgan fingerprint density at radius 1 is 0.763 bits per heavy atom. The van der Waals surface area contributed by atoms with Gasteiger partial charge in [0.05, 0.1) is 28.0 Å². The van der Waals surface area contributed by atoms with Crippen molar-refractivity contribution in [3.8, 4) is 23.0 Å². The summed E-state index contributed by atoms with van der Waals surface area (Å²) in [6, 6.07) is 24.8. The van der Waals surface area contributed by atoms with Gasteiger partial charge in [0.1, 0.15) is 17.3 Å². The third kappa shape index (κ3) is 4.61. The molecule has 38 heavy (non-hydrogen) atoms. The molecular formula is C29H21F3N4OPt. The van der Waals surface area contributed by atoms with Crippen molar-refractivity contribution < 1.29 is 39.0 Å². The van der Waals surface area contributed by atoms with Gasteiger partial charge in [0.15, 0.2) is 0 Å². The standard InChI is InChI=1S/C29H21F3N4O.Pt/c1-18-14-19(2)36(34-18)21-6-5-7-22(16-21)37-23-10-11-25-24-8-3-4-9-26(24)35(27(25)17-23)28-15-20(12-13-33-28)29(30,31)32;/h3-17H,1-2H3;. The smallest absolute Gasteiger partial charge is 0.416 e. The molecule has 0 aliphatic rings. The van der Waals surface area contributed by atoms with Crippen molar-refractivity contribution in [1.29, 1.82) is 0 Å². The van der Waals surface area contributed by atoms with Gasteiger partial charge in [0.2, 0.25) is 0 Å². The molecule has 0 atom stereocenters. The van der Waals surface area contributed by atoms with Crippen molar-refractivity contribution in [2.75, 3.05) is 0 Å². The third-order valence-electron chi connectivity index (χ3n) is 6.25. The van der Waals surface area contributed by atoms with Gasteiger partial charge in [0.25, 0.3) is 0 Å². The molecule has 0 amide bonds. The summed E-state index contributed by atoms with van der Waals surface area (Å²) >= 11 is 0. The van der Waals surface area contributed by atoms with Crippen LogP contribution in [-0.4, -0.2) is 19.3 Å². The topological polar surface area (TPSA) is 44.9 Å². The number of halogens is 3. The maximum absolute atomic E-state index is 13.5. The Hall–Kier alpha value is -3.90. The van der Waals surface area contributed by atoms with Gasteiger partial charge in [0, 0.05) is 55.9 Å². The van der Waals surface area contributed by atoms with Crippen molar-refractivity contribution in [1.82, 2.24) is 19.3 Å². The molecule has 0 unspecified atom stereocenters. The predicted molar refractivity (Wildman–Crippen MR) is 137 cm³/mol. The van der Waals surface area contributed by atoms with Crippen LogP contribution in [0.5, 0.6) is 11.5 Å². The molecule has 0 aliphatic heterocycles. The van der Waals surface area contributed by atoms with E-state index in [1.165, 1.54) is 6.20 Å².